The summed E-state index contributed by atoms with van der Waals surface area (Å²) in [6.45, 7) is 3.25. The zero-order valence-corrected chi connectivity index (χ0v) is 18.1. The van der Waals surface area contributed by atoms with Crippen LogP contribution < -0.4 is 10.6 Å². The van der Waals surface area contributed by atoms with Gasteiger partial charge in [-0.2, -0.15) is 0 Å². The first-order valence-electron chi connectivity index (χ1n) is 10.6. The first-order chi connectivity index (χ1) is 13.8. The molecule has 2 aromatic carbocycles. The third-order valence-electron chi connectivity index (χ3n) is 4.81. The number of hydrogen-bond donors (Lipinski definition) is 2. The number of carbonyl (C=O) groups is 1. The van der Waals surface area contributed by atoms with Crippen molar-refractivity contribution in [2.75, 3.05) is 18.9 Å². The highest BCUT2D eigenvalue weighted by Gasteiger charge is 2.12. The number of rotatable bonds is 13. The number of amides is 1. The smallest absolute Gasteiger partial charge is 0.252 e. The van der Waals surface area contributed by atoms with Crippen molar-refractivity contribution in [1.29, 1.82) is 0 Å². The normalized spacial score (nSPS) is 10.6. The summed E-state index contributed by atoms with van der Waals surface area (Å²) < 4.78 is 0. The van der Waals surface area contributed by atoms with Gasteiger partial charge in [-0.3, -0.25) is 4.79 Å². The lowest BCUT2D eigenvalue weighted by Gasteiger charge is -2.13. The van der Waals surface area contributed by atoms with E-state index in [1.165, 1.54) is 51.4 Å². The minimum absolute atomic E-state index is 0.0486. The molecule has 0 fully saturated rings. The zero-order chi connectivity index (χ0) is 20.0. The van der Waals surface area contributed by atoms with Gasteiger partial charge in [0.15, 0.2) is 0 Å². The molecule has 2 rings (SSSR count). The van der Waals surface area contributed by atoms with Crippen LogP contribution in [0.5, 0.6) is 0 Å². The van der Waals surface area contributed by atoms with Crippen LogP contribution in [0.1, 0.15) is 68.6 Å². The molecule has 3 nitrogen and oxygen atoms in total. The van der Waals surface area contributed by atoms with Crippen LogP contribution in [0.4, 0.5) is 5.69 Å². The van der Waals surface area contributed by atoms with Crippen molar-refractivity contribution in [2.45, 2.75) is 68.1 Å². The number of para-hydroxylation sites is 1. The summed E-state index contributed by atoms with van der Waals surface area (Å²) in [6.07, 6.45) is 10.6. The lowest BCUT2D eigenvalue weighted by atomic mass is 10.1. The maximum Gasteiger partial charge on any atom is 0.252 e. The van der Waals surface area contributed by atoms with E-state index in [9.17, 15) is 4.79 Å². The maximum absolute atomic E-state index is 12.1. The summed E-state index contributed by atoms with van der Waals surface area (Å²) in [5, 5.41) is 6.31. The van der Waals surface area contributed by atoms with Gasteiger partial charge in [0.25, 0.3) is 5.91 Å². The molecule has 2 aromatic rings. The number of unbranched alkanes of at least 4 members (excludes halogenated alkanes) is 7. The van der Waals surface area contributed by atoms with Crippen LogP contribution in [-0.2, 0) is 0 Å². The molecule has 0 saturated carbocycles. The molecule has 28 heavy (non-hydrogen) atoms. The molecular formula is C24H34N2OS. The van der Waals surface area contributed by atoms with E-state index in [2.05, 4.69) is 35.8 Å². The molecule has 0 heterocycles. The summed E-state index contributed by atoms with van der Waals surface area (Å²) in [5.41, 5.74) is 1.86. The molecule has 0 aliphatic heterocycles. The Balaban J connectivity index is 1.84. The fourth-order valence-electron chi connectivity index (χ4n) is 3.18. The van der Waals surface area contributed by atoms with Crippen LogP contribution in [0.15, 0.2) is 58.3 Å². The standard InChI is InChI=1S/C24H34N2OS/c1-3-4-5-6-7-8-9-14-19-26-21-16-11-13-18-23(21)28-22-17-12-10-15-20(22)24(27)25-2/h10-13,15-18,26H,3-9,14,19H2,1-2H3,(H,25,27). The van der Waals surface area contributed by atoms with Crippen molar-refractivity contribution in [3.8, 4) is 0 Å². The van der Waals surface area contributed by atoms with E-state index in [1.54, 1.807) is 18.8 Å². The van der Waals surface area contributed by atoms with Gasteiger partial charge in [0, 0.05) is 29.1 Å². The Hall–Kier alpha value is -1.94. The van der Waals surface area contributed by atoms with E-state index in [0.717, 1.165) is 22.0 Å². The fraction of sp³-hybridized carbons (Fsp3) is 0.458. The Labute approximate surface area is 174 Å². The SMILES string of the molecule is CCCCCCCCCCNc1ccccc1Sc1ccccc1C(=O)NC. The van der Waals surface area contributed by atoms with Crippen molar-refractivity contribution in [3.63, 3.8) is 0 Å². The first-order valence-corrected chi connectivity index (χ1v) is 11.4. The minimum Gasteiger partial charge on any atom is -0.384 e. The highest BCUT2D eigenvalue weighted by molar-refractivity contribution is 7.99. The Kier molecular flexibility index (Phi) is 10.6. The summed E-state index contributed by atoms with van der Waals surface area (Å²) in [4.78, 5) is 14.3. The number of carbonyl (C=O) groups excluding carboxylic acids is 1. The van der Waals surface area contributed by atoms with Crippen LogP contribution in [0.2, 0.25) is 0 Å². The molecule has 0 spiro atoms. The predicted molar refractivity (Wildman–Crippen MR) is 121 cm³/mol. The van der Waals surface area contributed by atoms with Crippen molar-refractivity contribution >= 4 is 23.4 Å². The van der Waals surface area contributed by atoms with Crippen LogP contribution in [0, 0.1) is 0 Å². The number of hydrogen-bond acceptors (Lipinski definition) is 3. The Morgan fingerprint density at radius 2 is 1.43 bits per heavy atom. The predicted octanol–water partition coefficient (Wildman–Crippen LogP) is 6.75. The van der Waals surface area contributed by atoms with Gasteiger partial charge in [-0.05, 0) is 30.7 Å². The quantitative estimate of drug-likeness (QED) is 0.367. The molecule has 4 heteroatoms. The highest BCUT2D eigenvalue weighted by Crippen LogP contribution is 2.35. The molecule has 0 bridgehead atoms. The van der Waals surface area contributed by atoms with E-state index >= 15 is 0 Å². The molecule has 0 aromatic heterocycles. The summed E-state index contributed by atoms with van der Waals surface area (Å²) in [7, 11) is 1.67. The van der Waals surface area contributed by atoms with Crippen LogP contribution in [0.25, 0.3) is 0 Å². The average molecular weight is 399 g/mol. The molecule has 0 saturated heterocycles. The van der Waals surface area contributed by atoms with Crippen molar-refractivity contribution in [3.05, 3.63) is 54.1 Å². The second-order valence-electron chi connectivity index (χ2n) is 7.08. The number of nitrogens with one attached hydrogen (secondary N) is 2. The molecule has 0 atom stereocenters. The van der Waals surface area contributed by atoms with Crippen LogP contribution >= 0.6 is 11.8 Å². The Morgan fingerprint density at radius 1 is 0.821 bits per heavy atom. The van der Waals surface area contributed by atoms with Gasteiger partial charge < -0.3 is 10.6 Å². The third kappa shape index (κ3) is 7.59. The van der Waals surface area contributed by atoms with Crippen LogP contribution in [0.3, 0.4) is 0 Å². The van der Waals surface area contributed by atoms with Gasteiger partial charge in [-0.15, -0.1) is 0 Å². The summed E-state index contributed by atoms with van der Waals surface area (Å²) in [6, 6.07) is 16.1. The van der Waals surface area contributed by atoms with E-state index in [1.807, 2.05) is 30.3 Å². The molecule has 0 aliphatic carbocycles. The number of benzene rings is 2. The second kappa shape index (κ2) is 13.3. The largest absolute Gasteiger partial charge is 0.384 e. The lowest BCUT2D eigenvalue weighted by molar-refractivity contribution is 0.0960. The van der Waals surface area contributed by atoms with Crippen molar-refractivity contribution in [2.24, 2.45) is 0 Å². The van der Waals surface area contributed by atoms with Gasteiger partial charge in [0.05, 0.1) is 5.56 Å². The monoisotopic (exact) mass is 398 g/mol. The van der Waals surface area contributed by atoms with Gasteiger partial charge in [-0.25, -0.2) is 0 Å². The minimum atomic E-state index is -0.0486. The average Bonchev–Trinajstić information content (AvgIpc) is 2.73. The summed E-state index contributed by atoms with van der Waals surface area (Å²) >= 11 is 1.64. The molecule has 0 radical (unpaired) electrons. The maximum atomic E-state index is 12.1. The van der Waals surface area contributed by atoms with E-state index in [0.29, 0.717) is 5.56 Å². The first kappa shape index (κ1) is 22.4. The molecular weight excluding hydrogens is 364 g/mol. The van der Waals surface area contributed by atoms with Crippen LogP contribution in [-0.4, -0.2) is 19.5 Å². The second-order valence-corrected chi connectivity index (χ2v) is 8.16. The lowest BCUT2D eigenvalue weighted by Crippen LogP contribution is -2.18. The molecule has 2 N–H and O–H groups in total. The van der Waals surface area contributed by atoms with Crippen molar-refractivity contribution in [1.82, 2.24) is 5.32 Å². The van der Waals surface area contributed by atoms with E-state index in [-0.39, 0.29) is 5.91 Å². The fourth-order valence-corrected chi connectivity index (χ4v) is 4.23. The zero-order valence-electron chi connectivity index (χ0n) is 17.3. The summed E-state index contributed by atoms with van der Waals surface area (Å²) in [5.74, 6) is -0.0486. The van der Waals surface area contributed by atoms with Crippen molar-refractivity contribution < 1.29 is 4.79 Å². The number of anilines is 1. The van der Waals surface area contributed by atoms with Gasteiger partial charge >= 0.3 is 0 Å². The van der Waals surface area contributed by atoms with E-state index < -0.39 is 0 Å². The van der Waals surface area contributed by atoms with Gasteiger partial charge in [-0.1, -0.05) is 87.9 Å². The molecule has 0 aliphatic rings. The Morgan fingerprint density at radius 3 is 2.14 bits per heavy atom. The Bertz CT molecular complexity index is 717. The van der Waals surface area contributed by atoms with Gasteiger partial charge in [0.2, 0.25) is 0 Å². The molecule has 152 valence electrons. The molecule has 1 amide bonds. The molecule has 0 unspecified atom stereocenters. The third-order valence-corrected chi connectivity index (χ3v) is 5.96. The topological polar surface area (TPSA) is 41.1 Å². The van der Waals surface area contributed by atoms with Gasteiger partial charge in [0.1, 0.15) is 0 Å². The highest BCUT2D eigenvalue weighted by atomic mass is 32.2. The van der Waals surface area contributed by atoms with E-state index in [4.69, 9.17) is 0 Å².